The van der Waals surface area contributed by atoms with Crippen molar-refractivity contribution in [3.63, 3.8) is 0 Å². The number of aromatic hydroxyl groups is 1. The smallest absolute Gasteiger partial charge is 0.322 e. The molecular formula is C18H20N2O8S. The maximum atomic E-state index is 12.8. The summed E-state index contributed by atoms with van der Waals surface area (Å²) in [5, 5.41) is 30.4. The van der Waals surface area contributed by atoms with E-state index in [4.69, 9.17) is 4.74 Å². The van der Waals surface area contributed by atoms with Gasteiger partial charge in [0.25, 0.3) is 5.69 Å². The fourth-order valence-corrected chi connectivity index (χ4v) is 4.30. The summed E-state index contributed by atoms with van der Waals surface area (Å²) in [5.41, 5.74) is -0.247. The Balaban J connectivity index is 2.47. The average Bonchev–Trinajstić information content (AvgIpc) is 2.68. The molecule has 0 bridgehead atoms. The minimum absolute atomic E-state index is 0.0232. The zero-order valence-electron chi connectivity index (χ0n) is 15.6. The van der Waals surface area contributed by atoms with Crippen LogP contribution in [0.2, 0.25) is 0 Å². The summed E-state index contributed by atoms with van der Waals surface area (Å²) in [6.07, 6.45) is 0.259. The molecule has 0 aliphatic rings. The minimum Gasteiger partial charge on any atom is -0.508 e. The average molecular weight is 424 g/mol. The van der Waals surface area contributed by atoms with Gasteiger partial charge in [-0.15, -0.1) is 0 Å². The Hall–Kier alpha value is -3.18. The van der Waals surface area contributed by atoms with Crippen LogP contribution in [-0.4, -0.2) is 42.7 Å². The molecular weight excluding hydrogens is 404 g/mol. The number of nitrogens with one attached hydrogen (secondary N) is 1. The Labute approximate surface area is 167 Å². The van der Waals surface area contributed by atoms with Crippen LogP contribution in [0, 0.1) is 10.1 Å². The quantitative estimate of drug-likeness (QED) is 0.409. The minimum atomic E-state index is -4.55. The second kappa shape index (κ2) is 8.88. The standard InChI is InChI=1S/C18H20N2O8S/c1-3-14(11-4-6-12(21)7-5-11)17(18(22)23)19-29(26,27)16-9-8-13(28-2)10-15(16)20(24)25/h4-10,14,17,19,21H,3H2,1-2H3,(H,22,23). The molecule has 2 rings (SSSR count). The number of methoxy groups -OCH3 is 1. The highest BCUT2D eigenvalue weighted by Crippen LogP contribution is 2.31. The van der Waals surface area contributed by atoms with Crippen LogP contribution < -0.4 is 9.46 Å². The lowest BCUT2D eigenvalue weighted by atomic mass is 9.89. The molecule has 0 fully saturated rings. The predicted molar refractivity (Wildman–Crippen MR) is 103 cm³/mol. The van der Waals surface area contributed by atoms with Gasteiger partial charge in [-0.2, -0.15) is 4.72 Å². The van der Waals surface area contributed by atoms with Gasteiger partial charge in [0, 0.05) is 5.92 Å². The molecule has 0 spiro atoms. The first kappa shape index (κ1) is 22.1. The van der Waals surface area contributed by atoms with Crippen molar-refractivity contribution in [3.8, 4) is 11.5 Å². The summed E-state index contributed by atoms with van der Waals surface area (Å²) in [5.74, 6) is -2.16. The Bertz CT molecular complexity index is 1010. The van der Waals surface area contributed by atoms with E-state index in [0.717, 1.165) is 12.1 Å². The number of ether oxygens (including phenoxy) is 1. The Morgan fingerprint density at radius 3 is 2.34 bits per heavy atom. The summed E-state index contributed by atoms with van der Waals surface area (Å²) < 4.78 is 32.6. The molecule has 0 amide bonds. The molecule has 0 heterocycles. The predicted octanol–water partition coefficient (Wildman–Crippen LogP) is 2.23. The van der Waals surface area contributed by atoms with E-state index < -0.39 is 43.5 Å². The molecule has 2 unspecified atom stereocenters. The number of sulfonamides is 1. The van der Waals surface area contributed by atoms with Gasteiger partial charge in [-0.25, -0.2) is 8.42 Å². The van der Waals surface area contributed by atoms with Crippen molar-refractivity contribution >= 4 is 21.7 Å². The molecule has 29 heavy (non-hydrogen) atoms. The number of rotatable bonds is 9. The van der Waals surface area contributed by atoms with Gasteiger partial charge in [0.15, 0.2) is 4.90 Å². The molecule has 0 radical (unpaired) electrons. The van der Waals surface area contributed by atoms with E-state index in [0.29, 0.717) is 5.56 Å². The maximum absolute atomic E-state index is 12.8. The van der Waals surface area contributed by atoms with Crippen LogP contribution in [0.25, 0.3) is 0 Å². The first-order valence-corrected chi connectivity index (χ1v) is 9.95. The molecule has 156 valence electrons. The molecule has 0 saturated heterocycles. The lowest BCUT2D eigenvalue weighted by molar-refractivity contribution is -0.387. The van der Waals surface area contributed by atoms with E-state index in [1.54, 1.807) is 6.92 Å². The highest BCUT2D eigenvalue weighted by molar-refractivity contribution is 7.89. The molecule has 2 aromatic carbocycles. The monoisotopic (exact) mass is 424 g/mol. The van der Waals surface area contributed by atoms with Gasteiger partial charge < -0.3 is 14.9 Å². The lowest BCUT2D eigenvalue weighted by Gasteiger charge is -2.24. The van der Waals surface area contributed by atoms with Crippen LogP contribution >= 0.6 is 0 Å². The van der Waals surface area contributed by atoms with Crippen LogP contribution in [0.1, 0.15) is 24.8 Å². The molecule has 10 nitrogen and oxygen atoms in total. The van der Waals surface area contributed by atoms with Gasteiger partial charge in [0.2, 0.25) is 10.0 Å². The molecule has 2 atom stereocenters. The number of nitro groups is 1. The van der Waals surface area contributed by atoms with Gasteiger partial charge in [-0.1, -0.05) is 19.1 Å². The van der Waals surface area contributed by atoms with Gasteiger partial charge in [0.1, 0.15) is 17.5 Å². The second-order valence-electron chi connectivity index (χ2n) is 6.13. The van der Waals surface area contributed by atoms with E-state index >= 15 is 0 Å². The number of phenols is 1. The van der Waals surface area contributed by atoms with Gasteiger partial charge >= 0.3 is 5.97 Å². The normalized spacial score (nSPS) is 13.4. The zero-order valence-corrected chi connectivity index (χ0v) is 16.4. The number of carboxylic acids is 1. The Kier molecular flexibility index (Phi) is 6.77. The molecule has 0 aromatic heterocycles. The van der Waals surface area contributed by atoms with Gasteiger partial charge in [0.05, 0.1) is 18.1 Å². The largest absolute Gasteiger partial charge is 0.508 e. The van der Waals surface area contributed by atoms with Gasteiger partial charge in [-0.05, 0) is 36.2 Å². The van der Waals surface area contributed by atoms with Crippen molar-refractivity contribution in [1.82, 2.24) is 4.72 Å². The van der Waals surface area contributed by atoms with E-state index in [9.17, 15) is 33.5 Å². The summed E-state index contributed by atoms with van der Waals surface area (Å²) in [6.45, 7) is 1.68. The molecule has 0 aliphatic heterocycles. The van der Waals surface area contributed by atoms with Crippen molar-refractivity contribution in [2.75, 3.05) is 7.11 Å². The van der Waals surface area contributed by atoms with Crippen molar-refractivity contribution in [1.29, 1.82) is 0 Å². The van der Waals surface area contributed by atoms with Crippen LogP contribution in [0.15, 0.2) is 47.4 Å². The van der Waals surface area contributed by atoms with Crippen molar-refractivity contribution in [2.45, 2.75) is 30.2 Å². The second-order valence-corrected chi connectivity index (χ2v) is 7.82. The van der Waals surface area contributed by atoms with Crippen LogP contribution in [0.3, 0.4) is 0 Å². The number of aliphatic carboxylic acids is 1. The summed E-state index contributed by atoms with van der Waals surface area (Å²) in [6, 6.07) is 7.28. The fourth-order valence-electron chi connectivity index (χ4n) is 2.91. The van der Waals surface area contributed by atoms with E-state index in [2.05, 4.69) is 4.72 Å². The molecule has 0 saturated carbocycles. The topological polar surface area (TPSA) is 156 Å². The molecule has 11 heteroatoms. The van der Waals surface area contributed by atoms with E-state index in [1.165, 1.54) is 37.4 Å². The molecule has 2 aromatic rings. The third-order valence-electron chi connectivity index (χ3n) is 4.36. The highest BCUT2D eigenvalue weighted by atomic mass is 32.2. The first-order valence-electron chi connectivity index (χ1n) is 8.47. The molecule has 0 aliphatic carbocycles. The van der Waals surface area contributed by atoms with Gasteiger partial charge in [-0.3, -0.25) is 14.9 Å². The lowest BCUT2D eigenvalue weighted by Crippen LogP contribution is -2.44. The number of phenolic OH excluding ortho intramolecular Hbond substituents is 1. The fraction of sp³-hybridized carbons (Fsp3) is 0.278. The van der Waals surface area contributed by atoms with Crippen LogP contribution in [0.4, 0.5) is 5.69 Å². The van der Waals surface area contributed by atoms with Crippen molar-refractivity contribution in [2.24, 2.45) is 0 Å². The molecule has 3 N–H and O–H groups in total. The first-order chi connectivity index (χ1) is 13.6. The zero-order chi connectivity index (χ0) is 21.8. The number of hydrogen-bond donors (Lipinski definition) is 3. The third-order valence-corrected chi connectivity index (χ3v) is 5.85. The van der Waals surface area contributed by atoms with Crippen molar-refractivity contribution < 1.29 is 33.1 Å². The Morgan fingerprint density at radius 2 is 1.86 bits per heavy atom. The Morgan fingerprint density at radius 1 is 1.24 bits per heavy atom. The third kappa shape index (κ3) is 5.00. The van der Waals surface area contributed by atoms with E-state index in [1.807, 2.05) is 0 Å². The number of benzene rings is 2. The van der Waals surface area contributed by atoms with Crippen molar-refractivity contribution in [3.05, 3.63) is 58.1 Å². The summed E-state index contributed by atoms with van der Waals surface area (Å²) >= 11 is 0. The SMILES string of the molecule is CCC(c1ccc(O)cc1)C(NS(=O)(=O)c1ccc(OC)cc1[N+](=O)[O-])C(=O)O. The maximum Gasteiger partial charge on any atom is 0.322 e. The number of nitrogens with zero attached hydrogens (tertiary/aromatic N) is 1. The van der Waals surface area contributed by atoms with E-state index in [-0.39, 0.29) is 17.9 Å². The van der Waals surface area contributed by atoms with Crippen LogP contribution in [-0.2, 0) is 14.8 Å². The highest BCUT2D eigenvalue weighted by Gasteiger charge is 2.35. The van der Waals surface area contributed by atoms with Crippen LogP contribution in [0.5, 0.6) is 11.5 Å². The number of nitro benzene ring substituents is 1. The summed E-state index contributed by atoms with van der Waals surface area (Å²) in [4.78, 5) is 21.6. The summed E-state index contributed by atoms with van der Waals surface area (Å²) in [7, 11) is -3.28. The number of carbonyl (C=O) groups is 1. The number of carboxylic acid groups (broad SMARTS) is 1. The number of hydrogen-bond acceptors (Lipinski definition) is 7.